The molecule has 1 saturated heterocycles. The Hall–Kier alpha value is -1.30. The summed E-state index contributed by atoms with van der Waals surface area (Å²) in [6.45, 7) is 3.46. The molecule has 102 valence electrons. The monoisotopic (exact) mass is 255 g/mol. The van der Waals surface area contributed by atoms with E-state index in [1.54, 1.807) is 4.90 Å². The van der Waals surface area contributed by atoms with Crippen molar-refractivity contribution in [1.82, 2.24) is 15.1 Å². The van der Waals surface area contributed by atoms with Gasteiger partial charge in [0.25, 0.3) is 0 Å². The van der Waals surface area contributed by atoms with Crippen molar-refractivity contribution in [3.8, 4) is 0 Å². The molecule has 0 aromatic rings. The van der Waals surface area contributed by atoms with Gasteiger partial charge < -0.3 is 20.2 Å². The van der Waals surface area contributed by atoms with Gasteiger partial charge in [-0.3, -0.25) is 0 Å². The van der Waals surface area contributed by atoms with Gasteiger partial charge in [-0.25, -0.2) is 9.59 Å². The maximum absolute atomic E-state index is 12.1. The van der Waals surface area contributed by atoms with Crippen LogP contribution in [0.1, 0.15) is 19.8 Å². The number of hydrogen-bond acceptors (Lipinski definition) is 3. The fraction of sp³-hybridized carbons (Fsp3) is 0.833. The minimum atomic E-state index is -0.990. The first-order valence-corrected chi connectivity index (χ1v) is 6.32. The number of carbonyl (C=O) groups is 2. The molecule has 2 amide bonds. The Labute approximate surface area is 107 Å². The van der Waals surface area contributed by atoms with E-state index < -0.39 is 11.5 Å². The lowest BCUT2D eigenvalue weighted by Crippen LogP contribution is -2.49. The number of carboxylic acid groups (broad SMARTS) is 1. The van der Waals surface area contributed by atoms with Crippen LogP contribution in [-0.4, -0.2) is 65.7 Å². The summed E-state index contributed by atoms with van der Waals surface area (Å²) in [6, 6.07) is 0.0989. The highest BCUT2D eigenvalue weighted by molar-refractivity contribution is 5.89. The fourth-order valence-corrected chi connectivity index (χ4v) is 2.59. The first kappa shape index (κ1) is 13.1. The number of carbonyl (C=O) groups excluding carboxylic acids is 1. The molecule has 18 heavy (non-hydrogen) atoms. The maximum atomic E-state index is 12.1. The van der Waals surface area contributed by atoms with Crippen molar-refractivity contribution >= 4 is 12.0 Å². The first-order chi connectivity index (χ1) is 8.35. The molecule has 2 unspecified atom stereocenters. The Bertz CT molecular complexity index is 366. The smallest absolute Gasteiger partial charge is 0.329 e. The molecular formula is C12H21N3O3. The van der Waals surface area contributed by atoms with E-state index >= 15 is 0 Å². The number of hydrogen-bond donors (Lipinski definition) is 2. The number of nitrogens with one attached hydrogen (secondary N) is 1. The van der Waals surface area contributed by atoms with Gasteiger partial charge in [0.1, 0.15) is 5.54 Å². The topological polar surface area (TPSA) is 72.9 Å². The molecule has 0 aromatic heterocycles. The molecule has 1 aliphatic heterocycles. The predicted molar refractivity (Wildman–Crippen MR) is 66.3 cm³/mol. The van der Waals surface area contributed by atoms with Gasteiger partial charge in [0.15, 0.2) is 0 Å². The van der Waals surface area contributed by atoms with Crippen LogP contribution in [0.15, 0.2) is 0 Å². The van der Waals surface area contributed by atoms with Crippen LogP contribution in [0.2, 0.25) is 0 Å². The summed E-state index contributed by atoms with van der Waals surface area (Å²) in [7, 11) is 4.00. The van der Waals surface area contributed by atoms with Crippen molar-refractivity contribution in [3.05, 3.63) is 0 Å². The molecule has 0 bridgehead atoms. The second-order valence-corrected chi connectivity index (χ2v) is 5.73. The molecule has 1 saturated carbocycles. The van der Waals surface area contributed by atoms with Gasteiger partial charge in [-0.1, -0.05) is 6.92 Å². The zero-order chi connectivity index (χ0) is 13.5. The zero-order valence-electron chi connectivity index (χ0n) is 11.1. The largest absolute Gasteiger partial charge is 0.480 e. The summed E-state index contributed by atoms with van der Waals surface area (Å²) in [5.41, 5.74) is -0.990. The normalized spacial score (nSPS) is 29.4. The predicted octanol–water partition coefficient (Wildman–Crippen LogP) is 0.195. The van der Waals surface area contributed by atoms with Gasteiger partial charge in [0.05, 0.1) is 0 Å². The third kappa shape index (κ3) is 2.29. The van der Waals surface area contributed by atoms with E-state index in [0.717, 1.165) is 0 Å². The molecule has 2 atom stereocenters. The summed E-state index contributed by atoms with van der Waals surface area (Å²) in [4.78, 5) is 26.9. The quantitative estimate of drug-likeness (QED) is 0.755. The number of aliphatic carboxylic acids is 1. The second-order valence-electron chi connectivity index (χ2n) is 5.73. The van der Waals surface area contributed by atoms with E-state index in [-0.39, 0.29) is 6.03 Å². The van der Waals surface area contributed by atoms with Crippen LogP contribution in [0.3, 0.4) is 0 Å². The molecule has 2 N–H and O–H groups in total. The van der Waals surface area contributed by atoms with Crippen LogP contribution in [0.4, 0.5) is 4.79 Å². The number of urea groups is 1. The highest BCUT2D eigenvalue weighted by Gasteiger charge is 2.52. The van der Waals surface area contributed by atoms with Crippen LogP contribution in [-0.2, 0) is 4.79 Å². The zero-order valence-corrected chi connectivity index (χ0v) is 11.1. The SMILES string of the molecule is CC1CN(C(=O)NC2(C(=O)O)CC2)CC1N(C)C. The number of likely N-dealkylation sites (N-methyl/N-ethyl adjacent to an activating group) is 1. The van der Waals surface area contributed by atoms with Crippen LogP contribution in [0.5, 0.6) is 0 Å². The molecule has 2 aliphatic rings. The molecule has 1 aliphatic carbocycles. The Morgan fingerprint density at radius 1 is 1.33 bits per heavy atom. The van der Waals surface area contributed by atoms with E-state index in [1.165, 1.54) is 0 Å². The first-order valence-electron chi connectivity index (χ1n) is 6.32. The summed E-state index contributed by atoms with van der Waals surface area (Å²) < 4.78 is 0. The van der Waals surface area contributed by atoms with Crippen molar-refractivity contribution < 1.29 is 14.7 Å². The van der Waals surface area contributed by atoms with E-state index in [1.807, 2.05) is 14.1 Å². The van der Waals surface area contributed by atoms with Crippen molar-refractivity contribution in [3.63, 3.8) is 0 Å². The molecule has 0 spiro atoms. The molecule has 2 rings (SSSR count). The van der Waals surface area contributed by atoms with Gasteiger partial charge in [0.2, 0.25) is 0 Å². The summed E-state index contributed by atoms with van der Waals surface area (Å²) in [6.07, 6.45) is 1.07. The number of nitrogens with zero attached hydrogens (tertiary/aromatic N) is 2. The third-order valence-electron chi connectivity index (χ3n) is 4.03. The van der Waals surface area contributed by atoms with Crippen LogP contribution in [0.25, 0.3) is 0 Å². The van der Waals surface area contributed by atoms with Gasteiger partial charge in [-0.05, 0) is 32.9 Å². The van der Waals surface area contributed by atoms with E-state index in [2.05, 4.69) is 17.1 Å². The van der Waals surface area contributed by atoms with Gasteiger partial charge in [-0.15, -0.1) is 0 Å². The van der Waals surface area contributed by atoms with E-state index in [0.29, 0.717) is 37.9 Å². The number of rotatable bonds is 3. The Morgan fingerprint density at radius 3 is 2.33 bits per heavy atom. The minimum absolute atomic E-state index is 0.244. The Balaban J connectivity index is 1.94. The van der Waals surface area contributed by atoms with Crippen molar-refractivity contribution in [2.75, 3.05) is 27.2 Å². The van der Waals surface area contributed by atoms with E-state index in [9.17, 15) is 9.59 Å². The fourth-order valence-electron chi connectivity index (χ4n) is 2.59. The lowest BCUT2D eigenvalue weighted by molar-refractivity contribution is -0.140. The maximum Gasteiger partial charge on any atom is 0.329 e. The van der Waals surface area contributed by atoms with Crippen molar-refractivity contribution in [2.45, 2.75) is 31.3 Å². The van der Waals surface area contributed by atoms with Crippen LogP contribution in [0, 0.1) is 5.92 Å². The van der Waals surface area contributed by atoms with Crippen molar-refractivity contribution in [2.24, 2.45) is 5.92 Å². The average molecular weight is 255 g/mol. The highest BCUT2D eigenvalue weighted by Crippen LogP contribution is 2.36. The molecule has 0 aromatic carbocycles. The van der Waals surface area contributed by atoms with Gasteiger partial charge in [-0.2, -0.15) is 0 Å². The molecular weight excluding hydrogens is 234 g/mol. The molecule has 6 nitrogen and oxygen atoms in total. The lowest BCUT2D eigenvalue weighted by Gasteiger charge is -2.23. The Kier molecular flexibility index (Phi) is 3.23. The number of amides is 2. The molecule has 1 heterocycles. The molecule has 2 fully saturated rings. The molecule has 0 radical (unpaired) electrons. The third-order valence-corrected chi connectivity index (χ3v) is 4.03. The minimum Gasteiger partial charge on any atom is -0.480 e. The van der Waals surface area contributed by atoms with E-state index in [4.69, 9.17) is 5.11 Å². The highest BCUT2D eigenvalue weighted by atomic mass is 16.4. The second kappa shape index (κ2) is 4.42. The van der Waals surface area contributed by atoms with Crippen LogP contribution >= 0.6 is 0 Å². The summed E-state index contributed by atoms with van der Waals surface area (Å²) in [5.74, 6) is -0.516. The Morgan fingerprint density at radius 2 is 1.94 bits per heavy atom. The van der Waals surface area contributed by atoms with Crippen LogP contribution < -0.4 is 5.32 Å². The summed E-state index contributed by atoms with van der Waals surface area (Å²) in [5, 5.41) is 11.7. The average Bonchev–Trinajstić information content (AvgIpc) is 2.94. The molecule has 6 heteroatoms. The van der Waals surface area contributed by atoms with Gasteiger partial charge in [0, 0.05) is 19.1 Å². The van der Waals surface area contributed by atoms with Gasteiger partial charge >= 0.3 is 12.0 Å². The van der Waals surface area contributed by atoms with Crippen molar-refractivity contribution in [1.29, 1.82) is 0 Å². The summed E-state index contributed by atoms with van der Waals surface area (Å²) >= 11 is 0. The number of carboxylic acids is 1. The lowest BCUT2D eigenvalue weighted by atomic mass is 10.1. The standard InChI is InChI=1S/C12H21N3O3/c1-8-6-15(7-9(8)14(2)3)11(18)13-12(4-5-12)10(16)17/h8-9H,4-7H2,1-3H3,(H,13,18)(H,16,17). The number of likely N-dealkylation sites (tertiary alicyclic amines) is 1.